The summed E-state index contributed by atoms with van der Waals surface area (Å²) in [7, 11) is 1.93. The van der Waals surface area contributed by atoms with Gasteiger partial charge in [-0.25, -0.2) is 4.39 Å². The summed E-state index contributed by atoms with van der Waals surface area (Å²) in [6, 6.07) is 5.48. The van der Waals surface area contributed by atoms with E-state index in [4.69, 9.17) is 0 Å². The zero-order valence-corrected chi connectivity index (χ0v) is 10.9. The van der Waals surface area contributed by atoms with Crippen molar-refractivity contribution in [1.82, 2.24) is 5.32 Å². The molecule has 15 heavy (non-hydrogen) atoms. The minimum absolute atomic E-state index is 0.210. The highest BCUT2D eigenvalue weighted by molar-refractivity contribution is 9.10. The van der Waals surface area contributed by atoms with Gasteiger partial charge in [-0.3, -0.25) is 0 Å². The van der Waals surface area contributed by atoms with Crippen molar-refractivity contribution in [2.45, 2.75) is 26.3 Å². The van der Waals surface area contributed by atoms with Crippen LogP contribution in [0.15, 0.2) is 22.7 Å². The third kappa shape index (κ3) is 3.58. The molecule has 0 amide bonds. The molecule has 0 aliphatic carbocycles. The van der Waals surface area contributed by atoms with E-state index in [1.165, 1.54) is 6.07 Å². The summed E-state index contributed by atoms with van der Waals surface area (Å²) in [6.07, 6.45) is 1.05. The Bertz CT molecular complexity index is 325. The summed E-state index contributed by atoms with van der Waals surface area (Å²) in [5.41, 5.74) is 1.12. The minimum Gasteiger partial charge on any atom is -0.313 e. The molecule has 0 aromatic heterocycles. The molecular weight excluding hydrogens is 257 g/mol. The molecule has 1 nitrogen and oxygen atoms in total. The van der Waals surface area contributed by atoms with Gasteiger partial charge in [0, 0.05) is 6.04 Å². The standard InChI is InChI=1S/C12H17BrFN/c1-8(2)6-12(15-3)9-4-5-11(14)10(13)7-9/h4-5,7-8,12,15H,6H2,1-3H3. The zero-order valence-electron chi connectivity index (χ0n) is 9.35. The average molecular weight is 274 g/mol. The Morgan fingerprint density at radius 2 is 2.07 bits per heavy atom. The van der Waals surface area contributed by atoms with Gasteiger partial charge in [0.15, 0.2) is 0 Å². The molecule has 0 fully saturated rings. The van der Waals surface area contributed by atoms with E-state index in [9.17, 15) is 4.39 Å². The van der Waals surface area contributed by atoms with Gasteiger partial charge in [0.05, 0.1) is 4.47 Å². The van der Waals surface area contributed by atoms with Gasteiger partial charge in [0.25, 0.3) is 0 Å². The fourth-order valence-corrected chi connectivity index (χ4v) is 2.02. The molecule has 0 aliphatic heterocycles. The maximum absolute atomic E-state index is 13.1. The van der Waals surface area contributed by atoms with Gasteiger partial charge in [-0.1, -0.05) is 19.9 Å². The van der Waals surface area contributed by atoms with Crippen LogP contribution in [0.3, 0.4) is 0 Å². The molecule has 0 aliphatic rings. The van der Waals surface area contributed by atoms with Crippen molar-refractivity contribution >= 4 is 15.9 Å². The summed E-state index contributed by atoms with van der Waals surface area (Å²) >= 11 is 3.21. The van der Waals surface area contributed by atoms with Crippen LogP contribution in [-0.4, -0.2) is 7.05 Å². The van der Waals surface area contributed by atoms with Crippen LogP contribution in [0.2, 0.25) is 0 Å². The number of rotatable bonds is 4. The van der Waals surface area contributed by atoms with Crippen LogP contribution in [-0.2, 0) is 0 Å². The molecule has 1 unspecified atom stereocenters. The molecule has 1 aromatic rings. The SMILES string of the molecule is CNC(CC(C)C)c1ccc(F)c(Br)c1. The van der Waals surface area contributed by atoms with E-state index in [2.05, 4.69) is 35.1 Å². The number of benzene rings is 1. The third-order valence-electron chi connectivity index (χ3n) is 2.40. The van der Waals surface area contributed by atoms with Crippen molar-refractivity contribution in [2.24, 2.45) is 5.92 Å². The minimum atomic E-state index is -0.210. The molecule has 0 spiro atoms. The number of nitrogens with one attached hydrogen (secondary N) is 1. The first-order valence-electron chi connectivity index (χ1n) is 5.16. The predicted molar refractivity (Wildman–Crippen MR) is 65.4 cm³/mol. The zero-order chi connectivity index (χ0) is 11.4. The number of halogens is 2. The fraction of sp³-hybridized carbons (Fsp3) is 0.500. The van der Waals surface area contributed by atoms with Crippen molar-refractivity contribution in [2.75, 3.05) is 7.05 Å². The van der Waals surface area contributed by atoms with Crippen LogP contribution < -0.4 is 5.32 Å². The third-order valence-corrected chi connectivity index (χ3v) is 3.01. The van der Waals surface area contributed by atoms with Crippen LogP contribution in [0.25, 0.3) is 0 Å². The van der Waals surface area contributed by atoms with Gasteiger partial charge in [-0.15, -0.1) is 0 Å². The molecule has 1 N–H and O–H groups in total. The Balaban J connectivity index is 2.87. The van der Waals surface area contributed by atoms with Crippen molar-refractivity contribution < 1.29 is 4.39 Å². The molecule has 0 radical (unpaired) electrons. The average Bonchev–Trinajstić information content (AvgIpc) is 2.18. The van der Waals surface area contributed by atoms with E-state index in [0.717, 1.165) is 12.0 Å². The smallest absolute Gasteiger partial charge is 0.137 e. The van der Waals surface area contributed by atoms with E-state index in [0.29, 0.717) is 16.4 Å². The quantitative estimate of drug-likeness (QED) is 0.878. The van der Waals surface area contributed by atoms with Crippen LogP contribution in [0, 0.1) is 11.7 Å². The lowest BCUT2D eigenvalue weighted by Crippen LogP contribution is -2.18. The molecule has 0 bridgehead atoms. The molecule has 0 saturated heterocycles. The van der Waals surface area contributed by atoms with Crippen LogP contribution >= 0.6 is 15.9 Å². The molecule has 84 valence electrons. The Labute approximate surface area is 99.2 Å². The van der Waals surface area contributed by atoms with Crippen molar-refractivity contribution in [3.05, 3.63) is 34.1 Å². The van der Waals surface area contributed by atoms with Gasteiger partial charge >= 0.3 is 0 Å². The molecule has 1 rings (SSSR count). The van der Waals surface area contributed by atoms with Crippen molar-refractivity contribution in [3.63, 3.8) is 0 Å². The number of hydrogen-bond acceptors (Lipinski definition) is 1. The van der Waals surface area contributed by atoms with Gasteiger partial charge in [0.2, 0.25) is 0 Å². The second-order valence-electron chi connectivity index (χ2n) is 4.14. The molecule has 1 atom stereocenters. The van der Waals surface area contributed by atoms with E-state index in [1.54, 1.807) is 0 Å². The number of hydrogen-bond donors (Lipinski definition) is 1. The van der Waals surface area contributed by atoms with Crippen LogP contribution in [0.4, 0.5) is 4.39 Å². The Kier molecular flexibility index (Phi) is 4.74. The van der Waals surface area contributed by atoms with Crippen molar-refractivity contribution in [1.29, 1.82) is 0 Å². The van der Waals surface area contributed by atoms with Crippen molar-refractivity contribution in [3.8, 4) is 0 Å². The van der Waals surface area contributed by atoms with E-state index >= 15 is 0 Å². The Hall–Kier alpha value is -0.410. The lowest BCUT2D eigenvalue weighted by molar-refractivity contribution is 0.456. The topological polar surface area (TPSA) is 12.0 Å². The lowest BCUT2D eigenvalue weighted by atomic mass is 9.97. The monoisotopic (exact) mass is 273 g/mol. The lowest BCUT2D eigenvalue weighted by Gasteiger charge is -2.19. The predicted octanol–water partition coefficient (Wildman–Crippen LogP) is 3.89. The summed E-state index contributed by atoms with van der Waals surface area (Å²) in [5.74, 6) is 0.407. The largest absolute Gasteiger partial charge is 0.313 e. The Morgan fingerprint density at radius 3 is 2.53 bits per heavy atom. The summed E-state index contributed by atoms with van der Waals surface area (Å²) in [5, 5.41) is 3.25. The molecule has 0 heterocycles. The maximum atomic E-state index is 13.1. The van der Waals surface area contributed by atoms with E-state index in [1.807, 2.05) is 19.2 Å². The Morgan fingerprint density at radius 1 is 1.40 bits per heavy atom. The summed E-state index contributed by atoms with van der Waals surface area (Å²) < 4.78 is 13.6. The molecule has 3 heteroatoms. The van der Waals surface area contributed by atoms with E-state index < -0.39 is 0 Å². The van der Waals surface area contributed by atoms with Gasteiger partial charge in [-0.2, -0.15) is 0 Å². The molecule has 0 saturated carbocycles. The van der Waals surface area contributed by atoms with E-state index in [-0.39, 0.29) is 5.82 Å². The highest BCUT2D eigenvalue weighted by atomic mass is 79.9. The molecule has 1 aromatic carbocycles. The second-order valence-corrected chi connectivity index (χ2v) is 5.00. The van der Waals surface area contributed by atoms with Crippen LogP contribution in [0.1, 0.15) is 31.9 Å². The summed E-state index contributed by atoms with van der Waals surface area (Å²) in [4.78, 5) is 0. The second kappa shape index (κ2) is 5.61. The normalized spacial score (nSPS) is 13.2. The first-order chi connectivity index (χ1) is 7.04. The van der Waals surface area contributed by atoms with Gasteiger partial charge < -0.3 is 5.32 Å². The van der Waals surface area contributed by atoms with Gasteiger partial charge in [-0.05, 0) is 53.0 Å². The first-order valence-corrected chi connectivity index (χ1v) is 5.96. The highest BCUT2D eigenvalue weighted by Gasteiger charge is 2.12. The summed E-state index contributed by atoms with van der Waals surface area (Å²) in [6.45, 7) is 4.37. The van der Waals surface area contributed by atoms with Gasteiger partial charge in [0.1, 0.15) is 5.82 Å². The first kappa shape index (κ1) is 12.7. The van der Waals surface area contributed by atoms with Crippen LogP contribution in [0.5, 0.6) is 0 Å². The highest BCUT2D eigenvalue weighted by Crippen LogP contribution is 2.25. The maximum Gasteiger partial charge on any atom is 0.137 e. The fourth-order valence-electron chi connectivity index (χ4n) is 1.62. The molecular formula is C12H17BrFN.